The summed E-state index contributed by atoms with van der Waals surface area (Å²) in [5.74, 6) is -0.0456. The number of furan rings is 1. The van der Waals surface area contributed by atoms with Crippen molar-refractivity contribution in [2.45, 2.75) is 19.4 Å². The number of fused-ring (bicyclic) bond motifs is 1. The first-order valence-corrected chi connectivity index (χ1v) is 6.64. The van der Waals surface area contributed by atoms with E-state index in [2.05, 4.69) is 0 Å². The average molecular weight is 270 g/mol. The van der Waals surface area contributed by atoms with Crippen LogP contribution in [0.15, 0.2) is 52.9 Å². The smallest absolute Gasteiger partial charge is 0.170 e. The second-order valence-corrected chi connectivity index (χ2v) is 4.76. The molecule has 2 aromatic carbocycles. The van der Waals surface area contributed by atoms with Gasteiger partial charge in [-0.05, 0) is 29.7 Å². The van der Waals surface area contributed by atoms with Crippen molar-refractivity contribution in [1.82, 2.24) is 0 Å². The number of aliphatic hydroxyl groups excluding tert-OH is 1. The topological polar surface area (TPSA) is 33.4 Å². The zero-order chi connectivity index (χ0) is 14.1. The molecule has 0 aliphatic heterocycles. The molecule has 1 atom stereocenters. The first kappa shape index (κ1) is 12.9. The lowest BCUT2D eigenvalue weighted by molar-refractivity contribution is 0.191. The number of aryl methyl sites for hydroxylation is 1. The highest BCUT2D eigenvalue weighted by molar-refractivity contribution is 5.78. The Morgan fingerprint density at radius 2 is 1.95 bits per heavy atom. The minimum Gasteiger partial charge on any atom is -0.455 e. The van der Waals surface area contributed by atoms with Gasteiger partial charge in [-0.3, -0.25) is 0 Å². The maximum atomic E-state index is 13.6. The average Bonchev–Trinajstić information content (AvgIpc) is 2.92. The Morgan fingerprint density at radius 1 is 1.15 bits per heavy atom. The number of halogens is 1. The molecule has 1 N–H and O–H groups in total. The summed E-state index contributed by atoms with van der Waals surface area (Å²) >= 11 is 0. The van der Waals surface area contributed by atoms with Crippen LogP contribution in [0.25, 0.3) is 11.0 Å². The van der Waals surface area contributed by atoms with E-state index in [9.17, 15) is 9.50 Å². The normalized spacial score (nSPS) is 12.8. The third-order valence-corrected chi connectivity index (χ3v) is 3.52. The van der Waals surface area contributed by atoms with Gasteiger partial charge in [0.05, 0.1) is 0 Å². The molecule has 0 aliphatic carbocycles. The Bertz CT molecular complexity index is 746. The van der Waals surface area contributed by atoms with E-state index in [1.54, 1.807) is 18.2 Å². The predicted molar refractivity (Wildman–Crippen MR) is 76.1 cm³/mol. The third kappa shape index (κ3) is 2.10. The molecule has 1 aromatic heterocycles. The zero-order valence-electron chi connectivity index (χ0n) is 11.1. The van der Waals surface area contributed by atoms with Crippen molar-refractivity contribution in [3.05, 3.63) is 71.2 Å². The van der Waals surface area contributed by atoms with Gasteiger partial charge >= 0.3 is 0 Å². The van der Waals surface area contributed by atoms with Crippen LogP contribution in [-0.2, 0) is 6.42 Å². The summed E-state index contributed by atoms with van der Waals surface area (Å²) in [4.78, 5) is 0. The van der Waals surface area contributed by atoms with E-state index in [1.807, 2.05) is 31.2 Å². The van der Waals surface area contributed by atoms with E-state index in [1.165, 1.54) is 6.07 Å². The highest BCUT2D eigenvalue weighted by atomic mass is 19.1. The molecule has 102 valence electrons. The quantitative estimate of drug-likeness (QED) is 0.773. The lowest BCUT2D eigenvalue weighted by Crippen LogP contribution is -2.02. The number of para-hydroxylation sites is 1. The molecule has 0 saturated heterocycles. The summed E-state index contributed by atoms with van der Waals surface area (Å²) < 4.78 is 19.1. The van der Waals surface area contributed by atoms with E-state index >= 15 is 0 Å². The summed E-state index contributed by atoms with van der Waals surface area (Å²) in [6.07, 6.45) is -0.0556. The molecule has 0 fully saturated rings. The Morgan fingerprint density at radius 3 is 2.70 bits per heavy atom. The van der Waals surface area contributed by atoms with Gasteiger partial charge in [-0.2, -0.15) is 0 Å². The summed E-state index contributed by atoms with van der Waals surface area (Å²) in [6, 6.07) is 14.1. The molecule has 3 rings (SSSR count). The summed E-state index contributed by atoms with van der Waals surface area (Å²) in [6.45, 7) is 2.03. The van der Waals surface area contributed by atoms with Gasteiger partial charge in [0.2, 0.25) is 0 Å². The minimum absolute atomic E-state index is 0.190. The highest BCUT2D eigenvalue weighted by Gasteiger charge is 2.18. The first-order valence-electron chi connectivity index (χ1n) is 6.64. The highest BCUT2D eigenvalue weighted by Crippen LogP contribution is 2.31. The molecule has 0 amide bonds. The lowest BCUT2D eigenvalue weighted by Gasteiger charge is -2.12. The van der Waals surface area contributed by atoms with Gasteiger partial charge in [0.15, 0.2) is 11.4 Å². The number of hydrogen-bond donors (Lipinski definition) is 1. The standard InChI is InChI=1S/C17H15FO2/c1-2-11-6-3-4-8-13(11)16(19)15-10-12-7-5-9-14(18)17(12)20-15/h3-10,16,19H,2H2,1H3. The molecule has 0 bridgehead atoms. The molecule has 0 saturated carbocycles. The van der Waals surface area contributed by atoms with Crippen molar-refractivity contribution in [2.24, 2.45) is 0 Å². The SMILES string of the molecule is CCc1ccccc1C(O)c1cc2cccc(F)c2o1. The fourth-order valence-corrected chi connectivity index (χ4v) is 2.46. The Labute approximate surface area is 116 Å². The largest absolute Gasteiger partial charge is 0.455 e. The van der Waals surface area contributed by atoms with Gasteiger partial charge in [-0.15, -0.1) is 0 Å². The van der Waals surface area contributed by atoms with E-state index < -0.39 is 11.9 Å². The Balaban J connectivity index is 2.08. The van der Waals surface area contributed by atoms with Crippen LogP contribution in [0.4, 0.5) is 4.39 Å². The van der Waals surface area contributed by atoms with Crippen LogP contribution < -0.4 is 0 Å². The van der Waals surface area contributed by atoms with Crippen LogP contribution in [0.2, 0.25) is 0 Å². The molecular weight excluding hydrogens is 255 g/mol. The molecule has 3 heteroatoms. The van der Waals surface area contributed by atoms with Gasteiger partial charge in [-0.25, -0.2) is 4.39 Å². The fraction of sp³-hybridized carbons (Fsp3) is 0.176. The molecule has 3 aromatic rings. The monoisotopic (exact) mass is 270 g/mol. The Hall–Kier alpha value is -2.13. The van der Waals surface area contributed by atoms with Crippen molar-refractivity contribution in [1.29, 1.82) is 0 Å². The number of hydrogen-bond acceptors (Lipinski definition) is 2. The zero-order valence-corrected chi connectivity index (χ0v) is 11.1. The maximum Gasteiger partial charge on any atom is 0.170 e. The fourth-order valence-electron chi connectivity index (χ4n) is 2.46. The maximum absolute atomic E-state index is 13.6. The molecule has 0 spiro atoms. The van der Waals surface area contributed by atoms with Crippen LogP contribution in [0.3, 0.4) is 0 Å². The van der Waals surface area contributed by atoms with Crippen LogP contribution in [-0.4, -0.2) is 5.11 Å². The summed E-state index contributed by atoms with van der Waals surface area (Å²) in [5, 5.41) is 11.1. The predicted octanol–water partition coefficient (Wildman–Crippen LogP) is 4.22. The van der Waals surface area contributed by atoms with E-state index in [0.29, 0.717) is 11.1 Å². The molecule has 1 unspecified atom stereocenters. The van der Waals surface area contributed by atoms with Crippen LogP contribution in [0.5, 0.6) is 0 Å². The molecule has 0 aliphatic rings. The summed E-state index contributed by atoms with van der Waals surface area (Å²) in [5.41, 5.74) is 2.05. The Kier molecular flexibility index (Phi) is 3.28. The number of rotatable bonds is 3. The van der Waals surface area contributed by atoms with Crippen molar-refractivity contribution in [2.75, 3.05) is 0 Å². The third-order valence-electron chi connectivity index (χ3n) is 3.52. The minimum atomic E-state index is -0.877. The summed E-state index contributed by atoms with van der Waals surface area (Å²) in [7, 11) is 0. The van der Waals surface area contributed by atoms with Gasteiger partial charge < -0.3 is 9.52 Å². The van der Waals surface area contributed by atoms with Crippen LogP contribution in [0, 0.1) is 5.82 Å². The van der Waals surface area contributed by atoms with Crippen LogP contribution in [0.1, 0.15) is 29.9 Å². The van der Waals surface area contributed by atoms with Crippen molar-refractivity contribution >= 4 is 11.0 Å². The first-order chi connectivity index (χ1) is 9.70. The van der Waals surface area contributed by atoms with Gasteiger partial charge in [0, 0.05) is 5.39 Å². The molecule has 2 nitrogen and oxygen atoms in total. The van der Waals surface area contributed by atoms with Gasteiger partial charge in [0.1, 0.15) is 11.9 Å². The lowest BCUT2D eigenvalue weighted by atomic mass is 9.99. The van der Waals surface area contributed by atoms with E-state index in [-0.39, 0.29) is 5.58 Å². The second kappa shape index (κ2) is 5.10. The van der Waals surface area contributed by atoms with Crippen molar-refractivity contribution in [3.8, 4) is 0 Å². The molecule has 20 heavy (non-hydrogen) atoms. The van der Waals surface area contributed by atoms with E-state index in [0.717, 1.165) is 17.5 Å². The van der Waals surface area contributed by atoms with Gasteiger partial charge in [-0.1, -0.05) is 43.3 Å². The number of aliphatic hydroxyl groups is 1. The van der Waals surface area contributed by atoms with Crippen molar-refractivity contribution in [3.63, 3.8) is 0 Å². The molecule has 1 heterocycles. The molecular formula is C17H15FO2. The van der Waals surface area contributed by atoms with E-state index in [4.69, 9.17) is 4.42 Å². The second-order valence-electron chi connectivity index (χ2n) is 4.76. The van der Waals surface area contributed by atoms with Crippen LogP contribution >= 0.6 is 0 Å². The molecule has 0 radical (unpaired) electrons. The number of benzene rings is 2. The van der Waals surface area contributed by atoms with Gasteiger partial charge in [0.25, 0.3) is 0 Å². The van der Waals surface area contributed by atoms with Crippen molar-refractivity contribution < 1.29 is 13.9 Å².